The number of para-hydroxylation sites is 1. The van der Waals surface area contributed by atoms with Gasteiger partial charge >= 0.3 is 0 Å². The van der Waals surface area contributed by atoms with Crippen LogP contribution < -0.4 is 15.5 Å². The zero-order valence-electron chi connectivity index (χ0n) is 14.2. The topological polar surface area (TPSA) is 83.8 Å². The van der Waals surface area contributed by atoms with Crippen molar-refractivity contribution < 1.29 is 18.7 Å². The van der Waals surface area contributed by atoms with Crippen molar-refractivity contribution in [3.05, 3.63) is 47.4 Å². The van der Waals surface area contributed by atoms with Gasteiger partial charge in [-0.1, -0.05) is 17.7 Å². The zero-order chi connectivity index (χ0) is 18.4. The highest BCUT2D eigenvalue weighted by atomic mass is 35.5. The number of hydrogen-bond donors (Lipinski definition) is 2. The molecule has 138 valence electrons. The van der Waals surface area contributed by atoms with E-state index in [1.54, 1.807) is 24.3 Å². The van der Waals surface area contributed by atoms with Crippen molar-refractivity contribution in [1.29, 1.82) is 0 Å². The molecule has 0 unspecified atom stereocenters. The molecule has 2 N–H and O–H groups in total. The molecule has 0 spiro atoms. The average Bonchev–Trinajstić information content (AvgIpc) is 3.17. The molecule has 26 heavy (non-hydrogen) atoms. The summed E-state index contributed by atoms with van der Waals surface area (Å²) in [7, 11) is 0. The van der Waals surface area contributed by atoms with Crippen molar-refractivity contribution >= 4 is 34.8 Å². The molecule has 0 aliphatic carbocycles. The van der Waals surface area contributed by atoms with Crippen molar-refractivity contribution in [1.82, 2.24) is 5.32 Å². The summed E-state index contributed by atoms with van der Waals surface area (Å²) in [5.74, 6) is -0.337. The number of furan rings is 1. The fourth-order valence-corrected chi connectivity index (χ4v) is 3.02. The lowest BCUT2D eigenvalue weighted by molar-refractivity contribution is -0.116. The Morgan fingerprint density at radius 3 is 2.69 bits per heavy atom. The molecule has 1 aromatic carbocycles. The second-order valence-electron chi connectivity index (χ2n) is 5.77. The molecule has 0 bridgehead atoms. The monoisotopic (exact) mass is 377 g/mol. The van der Waals surface area contributed by atoms with Gasteiger partial charge in [0.05, 0.1) is 35.9 Å². The Bertz CT molecular complexity index is 758. The van der Waals surface area contributed by atoms with Crippen molar-refractivity contribution in [2.45, 2.75) is 6.42 Å². The normalized spacial score (nSPS) is 14.1. The molecule has 2 aromatic rings. The fraction of sp³-hybridized carbons (Fsp3) is 0.333. The van der Waals surface area contributed by atoms with Crippen LogP contribution in [0.3, 0.4) is 0 Å². The average molecular weight is 378 g/mol. The number of nitrogens with zero attached hydrogens (tertiary/aromatic N) is 1. The third kappa shape index (κ3) is 4.56. The number of amides is 2. The first-order valence-electron chi connectivity index (χ1n) is 8.38. The highest BCUT2D eigenvalue weighted by molar-refractivity contribution is 6.34. The molecule has 2 amide bonds. The molecular weight excluding hydrogens is 358 g/mol. The summed E-state index contributed by atoms with van der Waals surface area (Å²) in [6.07, 6.45) is 1.56. The molecule has 0 atom stereocenters. The van der Waals surface area contributed by atoms with Gasteiger partial charge in [-0.3, -0.25) is 9.59 Å². The molecule has 8 heteroatoms. The van der Waals surface area contributed by atoms with Crippen molar-refractivity contribution in [2.24, 2.45) is 0 Å². The highest BCUT2D eigenvalue weighted by Crippen LogP contribution is 2.34. The number of halogens is 1. The molecular formula is C18H20ClN3O4. The van der Waals surface area contributed by atoms with Gasteiger partial charge in [0.15, 0.2) is 5.76 Å². The molecule has 0 saturated carbocycles. The van der Waals surface area contributed by atoms with Gasteiger partial charge in [0.25, 0.3) is 5.91 Å². The van der Waals surface area contributed by atoms with Crippen LogP contribution in [0.4, 0.5) is 11.4 Å². The maximum absolute atomic E-state index is 12.3. The van der Waals surface area contributed by atoms with E-state index < -0.39 is 0 Å². The largest absolute Gasteiger partial charge is 0.459 e. The number of anilines is 2. The van der Waals surface area contributed by atoms with E-state index >= 15 is 0 Å². The minimum atomic E-state index is -0.348. The number of carbonyl (C=O) groups is 2. The quantitative estimate of drug-likeness (QED) is 0.808. The summed E-state index contributed by atoms with van der Waals surface area (Å²) < 4.78 is 10.4. The third-order valence-corrected chi connectivity index (χ3v) is 4.28. The number of nitrogens with one attached hydrogen (secondary N) is 2. The van der Waals surface area contributed by atoms with Crippen LogP contribution in [-0.2, 0) is 9.53 Å². The number of carbonyl (C=O) groups excluding carboxylic acids is 2. The maximum Gasteiger partial charge on any atom is 0.286 e. The fourth-order valence-electron chi connectivity index (χ4n) is 2.72. The van der Waals surface area contributed by atoms with E-state index in [4.69, 9.17) is 20.8 Å². The van der Waals surface area contributed by atoms with Gasteiger partial charge in [-0.15, -0.1) is 0 Å². The van der Waals surface area contributed by atoms with Crippen LogP contribution in [0.2, 0.25) is 5.02 Å². The molecule has 1 aliphatic heterocycles. The summed E-state index contributed by atoms with van der Waals surface area (Å²) in [5.41, 5.74) is 1.45. The molecule has 1 saturated heterocycles. The minimum Gasteiger partial charge on any atom is -0.459 e. The number of rotatable bonds is 6. The Hall–Kier alpha value is -2.51. The number of hydrogen-bond acceptors (Lipinski definition) is 5. The molecule has 7 nitrogen and oxygen atoms in total. The van der Waals surface area contributed by atoms with E-state index in [0.29, 0.717) is 37.0 Å². The van der Waals surface area contributed by atoms with Gasteiger partial charge in [-0.2, -0.15) is 0 Å². The SMILES string of the molecule is O=C(CCNC(=O)c1ccco1)Nc1cccc(Cl)c1N1CCOCC1. The Balaban J connectivity index is 1.57. The first-order valence-corrected chi connectivity index (χ1v) is 8.75. The van der Waals surface area contributed by atoms with Crippen molar-refractivity contribution in [3.63, 3.8) is 0 Å². The number of ether oxygens (including phenoxy) is 1. The van der Waals surface area contributed by atoms with E-state index in [1.807, 2.05) is 6.07 Å². The molecule has 2 heterocycles. The van der Waals surface area contributed by atoms with E-state index in [2.05, 4.69) is 15.5 Å². The summed E-state index contributed by atoms with van der Waals surface area (Å²) in [6, 6.07) is 8.60. The van der Waals surface area contributed by atoms with Crippen LogP contribution in [0.25, 0.3) is 0 Å². The summed E-state index contributed by atoms with van der Waals surface area (Å²) in [4.78, 5) is 26.1. The molecule has 1 aromatic heterocycles. The summed E-state index contributed by atoms with van der Waals surface area (Å²) in [5, 5.41) is 6.10. The maximum atomic E-state index is 12.3. The number of morpholine rings is 1. The summed E-state index contributed by atoms with van der Waals surface area (Å²) >= 11 is 6.35. The third-order valence-electron chi connectivity index (χ3n) is 3.97. The van der Waals surface area contributed by atoms with Crippen LogP contribution >= 0.6 is 11.6 Å². The van der Waals surface area contributed by atoms with E-state index in [-0.39, 0.29) is 30.5 Å². The van der Waals surface area contributed by atoms with E-state index in [0.717, 1.165) is 5.69 Å². The minimum absolute atomic E-state index is 0.140. The van der Waals surface area contributed by atoms with Crippen LogP contribution in [0.1, 0.15) is 17.0 Å². The Morgan fingerprint density at radius 1 is 1.15 bits per heavy atom. The smallest absolute Gasteiger partial charge is 0.286 e. The highest BCUT2D eigenvalue weighted by Gasteiger charge is 2.19. The van der Waals surface area contributed by atoms with Crippen LogP contribution in [0.5, 0.6) is 0 Å². The van der Waals surface area contributed by atoms with Gasteiger partial charge in [0.1, 0.15) is 0 Å². The van der Waals surface area contributed by atoms with Gasteiger partial charge in [0, 0.05) is 26.1 Å². The number of benzene rings is 1. The lowest BCUT2D eigenvalue weighted by atomic mass is 10.2. The first kappa shape index (κ1) is 18.3. The predicted molar refractivity (Wildman–Crippen MR) is 98.8 cm³/mol. The molecule has 1 aliphatic rings. The van der Waals surface area contributed by atoms with E-state index in [9.17, 15) is 9.59 Å². The molecule has 3 rings (SSSR count). The van der Waals surface area contributed by atoms with Gasteiger partial charge < -0.3 is 24.7 Å². The molecule has 1 fully saturated rings. The van der Waals surface area contributed by atoms with Gasteiger partial charge in [-0.25, -0.2) is 0 Å². The second-order valence-corrected chi connectivity index (χ2v) is 6.17. The Morgan fingerprint density at radius 2 is 1.96 bits per heavy atom. The summed E-state index contributed by atoms with van der Waals surface area (Å²) in [6.45, 7) is 2.88. The standard InChI is InChI=1S/C18H20ClN3O4/c19-13-3-1-4-14(17(13)22-8-11-25-12-9-22)21-16(23)6-7-20-18(24)15-5-2-10-26-15/h1-5,10H,6-9,11-12H2,(H,20,24)(H,21,23). The second kappa shape index (κ2) is 8.73. The Kier molecular flexibility index (Phi) is 6.14. The van der Waals surface area contributed by atoms with Gasteiger partial charge in [0.2, 0.25) is 5.91 Å². The van der Waals surface area contributed by atoms with Gasteiger partial charge in [-0.05, 0) is 24.3 Å². The van der Waals surface area contributed by atoms with Crippen molar-refractivity contribution in [3.8, 4) is 0 Å². The zero-order valence-corrected chi connectivity index (χ0v) is 14.9. The predicted octanol–water partition coefficient (Wildman–Crippen LogP) is 2.53. The Labute approximate surface area is 156 Å². The van der Waals surface area contributed by atoms with E-state index in [1.165, 1.54) is 6.26 Å². The van der Waals surface area contributed by atoms with Crippen LogP contribution in [-0.4, -0.2) is 44.7 Å². The lowest BCUT2D eigenvalue weighted by Crippen LogP contribution is -2.37. The van der Waals surface area contributed by atoms with Crippen molar-refractivity contribution in [2.75, 3.05) is 43.1 Å². The molecule has 0 radical (unpaired) electrons. The first-order chi connectivity index (χ1) is 12.6. The van der Waals surface area contributed by atoms with Crippen LogP contribution in [0, 0.1) is 0 Å². The lowest BCUT2D eigenvalue weighted by Gasteiger charge is -2.31. The van der Waals surface area contributed by atoms with Crippen LogP contribution in [0.15, 0.2) is 41.0 Å².